The number of nitrogens with zero attached hydrogens (tertiary/aromatic N) is 1. The van der Waals surface area contributed by atoms with Gasteiger partial charge in [-0.1, -0.05) is 0 Å². The summed E-state index contributed by atoms with van der Waals surface area (Å²) in [4.78, 5) is 33.7. The second kappa shape index (κ2) is 6.72. The van der Waals surface area contributed by atoms with Crippen molar-refractivity contribution in [3.63, 3.8) is 0 Å². The van der Waals surface area contributed by atoms with E-state index in [0.29, 0.717) is 11.4 Å². The zero-order valence-electron chi connectivity index (χ0n) is 13.5. The molecule has 2 aromatic rings. The van der Waals surface area contributed by atoms with Crippen LogP contribution in [0.2, 0.25) is 0 Å². The Morgan fingerprint density at radius 1 is 1.16 bits per heavy atom. The van der Waals surface area contributed by atoms with Crippen LogP contribution in [0.1, 0.15) is 30.1 Å². The average Bonchev–Trinajstić information content (AvgIpc) is 3.41. The molecule has 7 nitrogen and oxygen atoms in total. The summed E-state index contributed by atoms with van der Waals surface area (Å²) in [5, 5.41) is 14.0. The number of nitro benzene ring substituents is 1. The second-order valence-electron chi connectivity index (χ2n) is 5.89. The molecule has 128 valence electrons. The summed E-state index contributed by atoms with van der Waals surface area (Å²) >= 11 is 0. The minimum Gasteiger partial charge on any atom is -0.450 e. The molecule has 0 atom stereocenters. The fourth-order valence-corrected chi connectivity index (χ4v) is 2.29. The number of hydrogen-bond acceptors (Lipinski definition) is 5. The van der Waals surface area contributed by atoms with Gasteiger partial charge in [-0.15, -0.1) is 0 Å². The van der Waals surface area contributed by atoms with Crippen LogP contribution in [0.25, 0.3) is 0 Å². The summed E-state index contributed by atoms with van der Waals surface area (Å²) < 4.78 is 5.56. The van der Waals surface area contributed by atoms with E-state index in [2.05, 4.69) is 5.32 Å². The lowest BCUT2D eigenvalue weighted by molar-refractivity contribution is -0.385. The molecule has 0 aliphatic heterocycles. The monoisotopic (exact) mass is 340 g/mol. The van der Waals surface area contributed by atoms with Crippen molar-refractivity contribution in [2.75, 3.05) is 5.32 Å². The molecule has 0 spiro atoms. The van der Waals surface area contributed by atoms with Gasteiger partial charge in [0.05, 0.1) is 4.92 Å². The topological polar surface area (TPSA) is 98.5 Å². The average molecular weight is 340 g/mol. The zero-order valence-corrected chi connectivity index (χ0v) is 13.5. The van der Waals surface area contributed by atoms with Gasteiger partial charge in [0, 0.05) is 23.2 Å². The van der Waals surface area contributed by atoms with Gasteiger partial charge in [0.15, 0.2) is 5.78 Å². The lowest BCUT2D eigenvalue weighted by Gasteiger charge is -2.09. The van der Waals surface area contributed by atoms with E-state index in [9.17, 15) is 19.7 Å². The zero-order chi connectivity index (χ0) is 18.0. The Kier molecular flexibility index (Phi) is 4.47. The van der Waals surface area contributed by atoms with Crippen LogP contribution in [0, 0.1) is 16.0 Å². The lowest BCUT2D eigenvalue weighted by Crippen LogP contribution is -2.12. The maximum atomic E-state index is 11.7. The standard InChI is InChI=1S/C18H16N2O5/c1-11(21)13-4-9-17(16(10-13)20(23)24)25-15-7-5-14(6-8-15)19-18(22)12-2-3-12/h4-10,12H,2-3H2,1H3,(H,19,22). The number of carbonyl (C=O) groups excluding carboxylic acids is 2. The molecular formula is C18H16N2O5. The predicted molar refractivity (Wildman–Crippen MR) is 91.0 cm³/mol. The highest BCUT2D eigenvalue weighted by Crippen LogP contribution is 2.33. The summed E-state index contributed by atoms with van der Waals surface area (Å²) in [5.74, 6) is 0.292. The molecule has 1 amide bonds. The van der Waals surface area contributed by atoms with Gasteiger partial charge in [-0.2, -0.15) is 0 Å². The van der Waals surface area contributed by atoms with Crippen LogP contribution in [-0.4, -0.2) is 16.6 Å². The molecule has 0 saturated heterocycles. The first-order chi connectivity index (χ1) is 11.9. The van der Waals surface area contributed by atoms with E-state index in [0.717, 1.165) is 12.8 Å². The molecule has 0 bridgehead atoms. The Labute approximate surface area is 143 Å². The van der Waals surface area contributed by atoms with E-state index in [1.54, 1.807) is 24.3 Å². The summed E-state index contributed by atoms with van der Waals surface area (Å²) in [6.45, 7) is 1.34. The highest BCUT2D eigenvalue weighted by atomic mass is 16.6. The molecule has 0 aromatic heterocycles. The fourth-order valence-electron chi connectivity index (χ4n) is 2.29. The third-order valence-corrected chi connectivity index (χ3v) is 3.86. The van der Waals surface area contributed by atoms with Crippen LogP contribution in [0.15, 0.2) is 42.5 Å². The van der Waals surface area contributed by atoms with Crippen LogP contribution >= 0.6 is 0 Å². The van der Waals surface area contributed by atoms with Crippen LogP contribution in [-0.2, 0) is 4.79 Å². The Hall–Kier alpha value is -3.22. The molecule has 1 aliphatic rings. The normalized spacial score (nSPS) is 13.2. The molecule has 1 aliphatic carbocycles. The van der Waals surface area contributed by atoms with E-state index < -0.39 is 4.92 Å². The summed E-state index contributed by atoms with van der Waals surface area (Å²) in [6.07, 6.45) is 1.85. The number of nitro groups is 1. The summed E-state index contributed by atoms with van der Waals surface area (Å²) in [5.41, 5.74) is 0.613. The highest BCUT2D eigenvalue weighted by molar-refractivity contribution is 5.95. The highest BCUT2D eigenvalue weighted by Gasteiger charge is 2.29. The van der Waals surface area contributed by atoms with Gasteiger partial charge in [0.1, 0.15) is 5.75 Å². The first-order valence-electron chi connectivity index (χ1n) is 7.82. The van der Waals surface area contributed by atoms with E-state index >= 15 is 0 Å². The minimum atomic E-state index is -0.591. The quantitative estimate of drug-likeness (QED) is 0.488. The smallest absolute Gasteiger partial charge is 0.312 e. The van der Waals surface area contributed by atoms with Gasteiger partial charge in [-0.3, -0.25) is 19.7 Å². The number of rotatable bonds is 6. The van der Waals surface area contributed by atoms with E-state index in [1.807, 2.05) is 0 Å². The fraction of sp³-hybridized carbons (Fsp3) is 0.222. The molecule has 1 saturated carbocycles. The largest absolute Gasteiger partial charge is 0.450 e. The van der Waals surface area contributed by atoms with Crippen molar-refractivity contribution < 1.29 is 19.2 Å². The third-order valence-electron chi connectivity index (χ3n) is 3.86. The Morgan fingerprint density at radius 2 is 1.84 bits per heavy atom. The van der Waals surface area contributed by atoms with Gasteiger partial charge >= 0.3 is 5.69 Å². The second-order valence-corrected chi connectivity index (χ2v) is 5.89. The van der Waals surface area contributed by atoms with E-state index in [4.69, 9.17) is 4.74 Å². The predicted octanol–water partition coefficient (Wildman–Crippen LogP) is 3.94. The summed E-state index contributed by atoms with van der Waals surface area (Å²) in [7, 11) is 0. The number of hydrogen-bond donors (Lipinski definition) is 1. The minimum absolute atomic E-state index is 0.00382. The van der Waals surface area contributed by atoms with E-state index in [1.165, 1.54) is 25.1 Å². The van der Waals surface area contributed by atoms with Crippen LogP contribution in [0.3, 0.4) is 0 Å². The number of ketones is 1. The maximum absolute atomic E-state index is 11.7. The van der Waals surface area contributed by atoms with Crippen molar-refractivity contribution in [2.24, 2.45) is 5.92 Å². The molecule has 0 unspecified atom stereocenters. The maximum Gasteiger partial charge on any atom is 0.312 e. The number of Topliss-reactive ketones (excluding diaryl/α,β-unsaturated/α-hetero) is 1. The van der Waals surface area contributed by atoms with Crippen molar-refractivity contribution in [2.45, 2.75) is 19.8 Å². The first kappa shape index (κ1) is 16.6. The SMILES string of the molecule is CC(=O)c1ccc(Oc2ccc(NC(=O)C3CC3)cc2)c([N+](=O)[O-])c1. The van der Waals surface area contributed by atoms with Crippen molar-refractivity contribution in [3.8, 4) is 11.5 Å². The Bertz CT molecular complexity index is 841. The Morgan fingerprint density at radius 3 is 2.40 bits per heavy atom. The molecule has 0 radical (unpaired) electrons. The van der Waals surface area contributed by atoms with Crippen LogP contribution < -0.4 is 10.1 Å². The van der Waals surface area contributed by atoms with Gasteiger partial charge in [0.2, 0.25) is 11.7 Å². The number of nitrogens with one attached hydrogen (secondary N) is 1. The van der Waals surface area contributed by atoms with Gasteiger partial charge < -0.3 is 10.1 Å². The number of ether oxygens (including phenoxy) is 1. The van der Waals surface area contributed by atoms with Gasteiger partial charge in [-0.25, -0.2) is 0 Å². The molecule has 3 rings (SSSR count). The Balaban J connectivity index is 1.76. The first-order valence-corrected chi connectivity index (χ1v) is 7.82. The van der Waals surface area contributed by atoms with Crippen molar-refractivity contribution >= 4 is 23.1 Å². The number of carbonyl (C=O) groups is 2. The molecule has 1 N–H and O–H groups in total. The van der Waals surface area contributed by atoms with Gasteiger partial charge in [0.25, 0.3) is 0 Å². The number of amides is 1. The van der Waals surface area contributed by atoms with Crippen molar-refractivity contribution in [1.29, 1.82) is 0 Å². The van der Waals surface area contributed by atoms with Crippen molar-refractivity contribution in [1.82, 2.24) is 0 Å². The molecular weight excluding hydrogens is 324 g/mol. The molecule has 7 heteroatoms. The van der Waals surface area contributed by atoms with E-state index in [-0.39, 0.29) is 34.6 Å². The van der Waals surface area contributed by atoms with Gasteiger partial charge in [-0.05, 0) is 56.2 Å². The summed E-state index contributed by atoms with van der Waals surface area (Å²) in [6, 6.07) is 10.7. The van der Waals surface area contributed by atoms with Crippen LogP contribution in [0.4, 0.5) is 11.4 Å². The van der Waals surface area contributed by atoms with Crippen LogP contribution in [0.5, 0.6) is 11.5 Å². The molecule has 2 aromatic carbocycles. The molecule has 25 heavy (non-hydrogen) atoms. The lowest BCUT2D eigenvalue weighted by atomic mass is 10.1. The molecule has 1 fully saturated rings. The third kappa shape index (κ3) is 4.00. The van der Waals surface area contributed by atoms with Crippen molar-refractivity contribution in [3.05, 3.63) is 58.1 Å². The molecule has 0 heterocycles. The number of benzene rings is 2. The number of anilines is 1.